The monoisotopic (exact) mass is 231 g/mol. The predicted octanol–water partition coefficient (Wildman–Crippen LogP) is 2.38. The number of nitrogens with one attached hydrogen (secondary N) is 1. The first-order valence-electron chi connectivity index (χ1n) is 6.02. The molecule has 4 heteroatoms. The lowest BCUT2D eigenvalue weighted by molar-refractivity contribution is -0.137. The van der Waals surface area contributed by atoms with E-state index >= 15 is 0 Å². The molecular weight excluding hydrogens is 206 g/mol. The molecule has 1 aliphatic heterocycles. The van der Waals surface area contributed by atoms with Crippen LogP contribution in [0.1, 0.15) is 52.9 Å². The Kier molecular flexibility index (Phi) is 8.21. The molecule has 0 saturated carbocycles. The van der Waals surface area contributed by atoms with E-state index < -0.39 is 5.97 Å². The molecule has 1 rings (SSSR count). The molecule has 0 aromatic heterocycles. The molecule has 2 N–H and O–H groups in total. The molecule has 0 spiro atoms. The summed E-state index contributed by atoms with van der Waals surface area (Å²) >= 11 is 0. The fourth-order valence-corrected chi connectivity index (χ4v) is 1.31. The van der Waals surface area contributed by atoms with Crippen LogP contribution in [-0.2, 0) is 9.53 Å². The molecule has 4 nitrogen and oxygen atoms in total. The Morgan fingerprint density at radius 2 is 2.06 bits per heavy atom. The van der Waals surface area contributed by atoms with Gasteiger partial charge in [-0.15, -0.1) is 0 Å². The predicted molar refractivity (Wildman–Crippen MR) is 64.4 cm³/mol. The number of carbonyl (C=O) groups is 1. The average molecular weight is 231 g/mol. The van der Waals surface area contributed by atoms with E-state index in [0.29, 0.717) is 13.2 Å². The minimum absolute atomic E-state index is 0.222. The Balaban J connectivity index is 0.000000288. The van der Waals surface area contributed by atoms with Crippen molar-refractivity contribution in [2.24, 2.45) is 0 Å². The Morgan fingerprint density at radius 1 is 1.38 bits per heavy atom. The third-order valence-corrected chi connectivity index (χ3v) is 2.36. The van der Waals surface area contributed by atoms with Crippen LogP contribution in [0.25, 0.3) is 0 Å². The second kappa shape index (κ2) is 8.53. The largest absolute Gasteiger partial charge is 0.481 e. The molecule has 0 radical (unpaired) electrons. The second-order valence-corrected chi connectivity index (χ2v) is 4.76. The fraction of sp³-hybridized carbons (Fsp3) is 0.917. The van der Waals surface area contributed by atoms with Crippen LogP contribution in [0.3, 0.4) is 0 Å². The first-order valence-corrected chi connectivity index (χ1v) is 6.02. The van der Waals surface area contributed by atoms with Crippen molar-refractivity contribution in [3.63, 3.8) is 0 Å². The molecular formula is C12H25NO3. The highest BCUT2D eigenvalue weighted by molar-refractivity contribution is 5.66. The average Bonchev–Trinajstić information content (AvgIpc) is 2.58. The summed E-state index contributed by atoms with van der Waals surface area (Å²) in [6.45, 7) is 7.92. The molecule has 0 unspecified atom stereocenters. The molecule has 0 atom stereocenters. The Morgan fingerprint density at radius 3 is 2.38 bits per heavy atom. The number of aliphatic carboxylic acids is 1. The van der Waals surface area contributed by atoms with Gasteiger partial charge in [-0.25, -0.2) is 0 Å². The minimum Gasteiger partial charge on any atom is -0.481 e. The molecule has 0 bridgehead atoms. The van der Waals surface area contributed by atoms with Gasteiger partial charge >= 0.3 is 5.97 Å². The van der Waals surface area contributed by atoms with Crippen LogP contribution in [0.2, 0.25) is 0 Å². The van der Waals surface area contributed by atoms with Crippen molar-refractivity contribution in [1.29, 1.82) is 0 Å². The van der Waals surface area contributed by atoms with Crippen LogP contribution in [0.4, 0.5) is 0 Å². The normalized spacial score (nSPS) is 17.7. The number of carboxylic acids is 1. The van der Waals surface area contributed by atoms with Crippen LogP contribution < -0.4 is 5.32 Å². The lowest BCUT2D eigenvalue weighted by Crippen LogP contribution is -2.34. The van der Waals surface area contributed by atoms with E-state index in [9.17, 15) is 4.79 Å². The van der Waals surface area contributed by atoms with E-state index in [1.807, 2.05) is 0 Å². The van der Waals surface area contributed by atoms with Gasteiger partial charge in [0.25, 0.3) is 0 Å². The highest BCUT2D eigenvalue weighted by Gasteiger charge is 2.21. The Labute approximate surface area is 98.4 Å². The van der Waals surface area contributed by atoms with Gasteiger partial charge in [-0.3, -0.25) is 10.1 Å². The van der Waals surface area contributed by atoms with Crippen molar-refractivity contribution >= 4 is 5.97 Å². The summed E-state index contributed by atoms with van der Waals surface area (Å²) in [4.78, 5) is 9.96. The van der Waals surface area contributed by atoms with Crippen LogP contribution in [0.5, 0.6) is 0 Å². The van der Waals surface area contributed by atoms with Gasteiger partial charge in [0.1, 0.15) is 0 Å². The molecule has 96 valence electrons. The zero-order chi connectivity index (χ0) is 12.4. The van der Waals surface area contributed by atoms with Gasteiger partial charge < -0.3 is 9.84 Å². The number of unbranched alkanes of at least 4 members (excludes halogenated alkanes) is 3. The van der Waals surface area contributed by atoms with Crippen molar-refractivity contribution in [1.82, 2.24) is 5.32 Å². The third-order valence-electron chi connectivity index (χ3n) is 2.36. The highest BCUT2D eigenvalue weighted by atomic mass is 16.5. The summed E-state index contributed by atoms with van der Waals surface area (Å²) in [5.41, 5.74) is 0.222. The SMILES string of the molecule is CC1(C)COCN1.CCCCCCC(=O)O. The van der Waals surface area contributed by atoms with Gasteiger partial charge in [-0.2, -0.15) is 0 Å². The van der Waals surface area contributed by atoms with Gasteiger partial charge in [-0.05, 0) is 20.3 Å². The zero-order valence-electron chi connectivity index (χ0n) is 10.7. The lowest BCUT2D eigenvalue weighted by Gasteiger charge is -2.12. The maximum absolute atomic E-state index is 9.96. The molecule has 1 heterocycles. The molecule has 0 aromatic carbocycles. The smallest absolute Gasteiger partial charge is 0.303 e. The summed E-state index contributed by atoms with van der Waals surface area (Å²) in [5, 5.41) is 11.4. The zero-order valence-corrected chi connectivity index (χ0v) is 10.7. The minimum atomic E-state index is -0.675. The van der Waals surface area contributed by atoms with Crippen molar-refractivity contribution in [2.45, 2.75) is 58.4 Å². The lowest BCUT2D eigenvalue weighted by atomic mass is 10.1. The standard InChI is InChI=1S/C7H14O2.C5H11NO/c1-2-3-4-5-6-7(8)9;1-5(2)3-7-4-6-5/h2-6H2,1H3,(H,8,9);6H,3-4H2,1-2H3. The van der Waals surface area contributed by atoms with E-state index in [4.69, 9.17) is 9.84 Å². The molecule has 1 aliphatic rings. The third kappa shape index (κ3) is 9.93. The summed E-state index contributed by atoms with van der Waals surface area (Å²) in [7, 11) is 0. The van der Waals surface area contributed by atoms with E-state index in [2.05, 4.69) is 26.1 Å². The maximum Gasteiger partial charge on any atom is 0.303 e. The van der Waals surface area contributed by atoms with Gasteiger partial charge in [0.2, 0.25) is 0 Å². The molecule has 1 saturated heterocycles. The van der Waals surface area contributed by atoms with Gasteiger partial charge in [0.15, 0.2) is 0 Å². The van der Waals surface area contributed by atoms with Crippen molar-refractivity contribution in [2.75, 3.05) is 13.3 Å². The van der Waals surface area contributed by atoms with E-state index in [0.717, 1.165) is 25.9 Å². The van der Waals surface area contributed by atoms with Gasteiger partial charge in [-0.1, -0.05) is 26.2 Å². The summed E-state index contributed by atoms with van der Waals surface area (Å²) in [6.07, 6.45) is 4.55. The van der Waals surface area contributed by atoms with Crippen molar-refractivity contribution in [3.05, 3.63) is 0 Å². The molecule has 1 fully saturated rings. The first kappa shape index (κ1) is 15.4. The number of rotatable bonds is 5. The fourth-order valence-electron chi connectivity index (χ4n) is 1.31. The summed E-state index contributed by atoms with van der Waals surface area (Å²) in [5.74, 6) is -0.675. The van der Waals surface area contributed by atoms with Crippen molar-refractivity contribution in [3.8, 4) is 0 Å². The Bertz CT molecular complexity index is 185. The quantitative estimate of drug-likeness (QED) is 0.713. The molecule has 0 aromatic rings. The van der Waals surface area contributed by atoms with Gasteiger partial charge in [0, 0.05) is 12.0 Å². The van der Waals surface area contributed by atoms with E-state index in [1.54, 1.807) is 0 Å². The Hall–Kier alpha value is -0.610. The van der Waals surface area contributed by atoms with E-state index in [-0.39, 0.29) is 5.54 Å². The summed E-state index contributed by atoms with van der Waals surface area (Å²) in [6, 6.07) is 0. The number of hydrogen-bond acceptors (Lipinski definition) is 3. The van der Waals surface area contributed by atoms with Crippen LogP contribution in [0, 0.1) is 0 Å². The van der Waals surface area contributed by atoms with Crippen LogP contribution >= 0.6 is 0 Å². The summed E-state index contributed by atoms with van der Waals surface area (Å²) < 4.78 is 5.05. The van der Waals surface area contributed by atoms with Crippen molar-refractivity contribution < 1.29 is 14.6 Å². The highest BCUT2D eigenvalue weighted by Crippen LogP contribution is 2.06. The second-order valence-electron chi connectivity index (χ2n) is 4.76. The van der Waals surface area contributed by atoms with Gasteiger partial charge in [0.05, 0.1) is 13.3 Å². The molecule has 0 aliphatic carbocycles. The number of hydrogen-bond donors (Lipinski definition) is 2. The first-order chi connectivity index (χ1) is 7.48. The topological polar surface area (TPSA) is 58.6 Å². The molecule has 0 amide bonds. The number of carboxylic acid groups (broad SMARTS) is 1. The van der Waals surface area contributed by atoms with Crippen LogP contribution in [-0.4, -0.2) is 30.0 Å². The number of ether oxygens (including phenoxy) is 1. The molecule has 16 heavy (non-hydrogen) atoms. The van der Waals surface area contributed by atoms with E-state index in [1.165, 1.54) is 6.42 Å². The van der Waals surface area contributed by atoms with Crippen LogP contribution in [0.15, 0.2) is 0 Å². The maximum atomic E-state index is 9.96.